The molecule has 3 aromatic carbocycles. The predicted octanol–water partition coefficient (Wildman–Crippen LogP) is 6.79. The van der Waals surface area contributed by atoms with Crippen molar-refractivity contribution < 1.29 is 14.3 Å². The molecule has 8 heteroatoms. The summed E-state index contributed by atoms with van der Waals surface area (Å²) >= 11 is 14.1. The van der Waals surface area contributed by atoms with Crippen molar-refractivity contribution in [2.24, 2.45) is 0 Å². The number of halogens is 2. The molecule has 3 rings (SSSR count). The number of thioether (sulfide) groups is 1. The molecule has 0 aliphatic heterocycles. The molecule has 0 saturated heterocycles. The molecule has 1 atom stereocenters. The Morgan fingerprint density at radius 2 is 1.66 bits per heavy atom. The fourth-order valence-corrected chi connectivity index (χ4v) is 5.67. The van der Waals surface area contributed by atoms with Crippen LogP contribution < -0.4 is 10.1 Å². The Morgan fingerprint density at radius 3 is 2.34 bits per heavy atom. The van der Waals surface area contributed by atoms with Gasteiger partial charge in [0.15, 0.2) is 0 Å². The maximum atomic E-state index is 13.8. The van der Waals surface area contributed by atoms with Crippen LogP contribution in [-0.2, 0) is 28.3 Å². The molecule has 0 unspecified atom stereocenters. The first-order valence-corrected chi connectivity index (χ1v) is 14.6. The second kappa shape index (κ2) is 15.7. The van der Waals surface area contributed by atoms with Crippen LogP contribution in [0.3, 0.4) is 0 Å². The highest BCUT2D eigenvalue weighted by atomic mass is 35.5. The molecule has 38 heavy (non-hydrogen) atoms. The Labute approximate surface area is 239 Å². The van der Waals surface area contributed by atoms with Crippen molar-refractivity contribution in [1.82, 2.24) is 10.2 Å². The molecule has 0 spiro atoms. The zero-order chi connectivity index (χ0) is 27.3. The minimum atomic E-state index is -0.669. The van der Waals surface area contributed by atoms with Gasteiger partial charge in [-0.15, -0.1) is 11.8 Å². The molecule has 0 aromatic heterocycles. The molecular weight excluding hydrogens is 539 g/mol. The number of rotatable bonds is 14. The number of nitrogens with one attached hydrogen (secondary N) is 1. The molecule has 1 N–H and O–H groups in total. The highest BCUT2D eigenvalue weighted by molar-refractivity contribution is 7.99. The van der Waals surface area contributed by atoms with Gasteiger partial charge in [0.2, 0.25) is 11.8 Å². The van der Waals surface area contributed by atoms with E-state index >= 15 is 0 Å². The van der Waals surface area contributed by atoms with Gasteiger partial charge in [-0.05, 0) is 47.4 Å². The first kappa shape index (κ1) is 29.9. The molecule has 0 fully saturated rings. The second-order valence-electron chi connectivity index (χ2n) is 8.92. The van der Waals surface area contributed by atoms with E-state index in [2.05, 4.69) is 12.2 Å². The normalized spacial score (nSPS) is 11.6. The van der Waals surface area contributed by atoms with Gasteiger partial charge in [0.25, 0.3) is 0 Å². The van der Waals surface area contributed by atoms with Crippen LogP contribution in [0.2, 0.25) is 10.0 Å². The third-order valence-electron chi connectivity index (χ3n) is 6.12. The van der Waals surface area contributed by atoms with Crippen LogP contribution >= 0.6 is 35.0 Å². The summed E-state index contributed by atoms with van der Waals surface area (Å²) in [5, 5.41) is 4.19. The summed E-state index contributed by atoms with van der Waals surface area (Å²) in [5.41, 5.74) is 2.67. The molecule has 202 valence electrons. The average Bonchev–Trinajstić information content (AvgIpc) is 2.93. The lowest BCUT2D eigenvalue weighted by molar-refractivity contribution is -0.139. The predicted molar refractivity (Wildman–Crippen MR) is 158 cm³/mol. The highest BCUT2D eigenvalue weighted by Gasteiger charge is 2.30. The number of methoxy groups -OCH3 is 1. The van der Waals surface area contributed by atoms with Crippen molar-refractivity contribution in [2.75, 3.05) is 19.4 Å². The highest BCUT2D eigenvalue weighted by Crippen LogP contribution is 2.29. The molecule has 0 saturated carbocycles. The van der Waals surface area contributed by atoms with Crippen LogP contribution in [0.5, 0.6) is 5.75 Å². The van der Waals surface area contributed by atoms with Gasteiger partial charge in [0.05, 0.1) is 12.9 Å². The maximum absolute atomic E-state index is 13.8. The molecular formula is C30H34Cl2N2O3S. The summed E-state index contributed by atoms with van der Waals surface area (Å²) in [6.45, 7) is 2.93. The molecule has 5 nitrogen and oxygen atoms in total. The molecule has 3 aromatic rings. The van der Waals surface area contributed by atoms with Crippen molar-refractivity contribution in [3.05, 3.63) is 99.5 Å². The van der Waals surface area contributed by atoms with E-state index in [-0.39, 0.29) is 24.1 Å². The zero-order valence-corrected chi connectivity index (χ0v) is 24.1. The van der Waals surface area contributed by atoms with Crippen LogP contribution in [0.25, 0.3) is 0 Å². The number of unbranched alkanes of at least 4 members (excludes halogenated alkanes) is 1. The van der Waals surface area contributed by atoms with Gasteiger partial charge in [-0.2, -0.15) is 0 Å². The first-order chi connectivity index (χ1) is 18.4. The van der Waals surface area contributed by atoms with E-state index in [4.69, 9.17) is 27.9 Å². The van der Waals surface area contributed by atoms with E-state index in [1.807, 2.05) is 54.6 Å². The van der Waals surface area contributed by atoms with E-state index in [0.717, 1.165) is 29.5 Å². The number of ether oxygens (including phenoxy) is 1. The molecule has 0 bridgehead atoms. The second-order valence-corrected chi connectivity index (χ2v) is 10.7. The minimum Gasteiger partial charge on any atom is -0.497 e. The smallest absolute Gasteiger partial charge is 0.243 e. The summed E-state index contributed by atoms with van der Waals surface area (Å²) in [6.07, 6.45) is 2.26. The Balaban J connectivity index is 1.87. The standard InChI is InChI=1S/C30H34Cl2N2O3S/c1-3-4-16-33-30(36)28(18-22-10-6-5-7-11-22)34(19-23-12-8-13-24(17-23)37-2)29(35)21-38-20-25-26(31)14-9-15-27(25)32/h5-15,17,28H,3-4,16,18-21H2,1-2H3,(H,33,36)/t28-/m0/s1. The zero-order valence-electron chi connectivity index (χ0n) is 21.8. The van der Waals surface area contributed by atoms with Crippen LogP contribution in [0.1, 0.15) is 36.5 Å². The summed E-state index contributed by atoms with van der Waals surface area (Å²) in [5.74, 6) is 1.08. The van der Waals surface area contributed by atoms with Gasteiger partial charge in [0, 0.05) is 35.3 Å². The van der Waals surface area contributed by atoms with Gasteiger partial charge in [-0.3, -0.25) is 9.59 Å². The monoisotopic (exact) mass is 572 g/mol. The van der Waals surface area contributed by atoms with Crippen LogP contribution in [0.15, 0.2) is 72.8 Å². The van der Waals surface area contributed by atoms with E-state index < -0.39 is 6.04 Å². The summed E-state index contributed by atoms with van der Waals surface area (Å²) in [6, 6.07) is 22.1. The Hall–Kier alpha value is -2.67. The molecule has 0 radical (unpaired) electrons. The number of benzene rings is 3. The number of hydrogen-bond donors (Lipinski definition) is 1. The van der Waals surface area contributed by atoms with E-state index in [9.17, 15) is 9.59 Å². The topological polar surface area (TPSA) is 58.6 Å². The Morgan fingerprint density at radius 1 is 0.974 bits per heavy atom. The molecule has 0 aliphatic carbocycles. The van der Waals surface area contributed by atoms with Crippen molar-refractivity contribution in [3.63, 3.8) is 0 Å². The number of nitrogens with zero attached hydrogens (tertiary/aromatic N) is 1. The SMILES string of the molecule is CCCCNC(=O)[C@H](Cc1ccccc1)N(Cc1cccc(OC)c1)C(=O)CSCc1c(Cl)cccc1Cl. The quantitative estimate of drug-likeness (QED) is 0.216. The Bertz CT molecular complexity index is 1170. The minimum absolute atomic E-state index is 0.132. The third-order valence-corrected chi connectivity index (χ3v) is 7.77. The lowest BCUT2D eigenvalue weighted by Gasteiger charge is -2.31. The van der Waals surface area contributed by atoms with Gasteiger partial charge in [0.1, 0.15) is 11.8 Å². The van der Waals surface area contributed by atoms with Crippen LogP contribution in [-0.4, -0.2) is 42.2 Å². The summed E-state index contributed by atoms with van der Waals surface area (Å²) in [7, 11) is 1.61. The third kappa shape index (κ3) is 8.97. The average molecular weight is 574 g/mol. The van der Waals surface area contributed by atoms with Crippen molar-refractivity contribution >= 4 is 46.8 Å². The fourth-order valence-electron chi connectivity index (χ4n) is 4.02. The largest absolute Gasteiger partial charge is 0.497 e. The van der Waals surface area contributed by atoms with Crippen molar-refractivity contribution in [1.29, 1.82) is 0 Å². The first-order valence-electron chi connectivity index (χ1n) is 12.7. The number of carbonyl (C=O) groups excluding carboxylic acids is 2. The molecule has 2 amide bonds. The van der Waals surface area contributed by atoms with E-state index in [0.29, 0.717) is 34.5 Å². The van der Waals surface area contributed by atoms with E-state index in [1.165, 1.54) is 11.8 Å². The fraction of sp³-hybridized carbons (Fsp3) is 0.333. The van der Waals surface area contributed by atoms with Crippen LogP contribution in [0, 0.1) is 0 Å². The van der Waals surface area contributed by atoms with Crippen LogP contribution in [0.4, 0.5) is 0 Å². The van der Waals surface area contributed by atoms with Crippen molar-refractivity contribution in [3.8, 4) is 5.75 Å². The molecule has 0 aliphatic rings. The van der Waals surface area contributed by atoms with Crippen molar-refractivity contribution in [2.45, 2.75) is 44.5 Å². The summed E-state index contributed by atoms with van der Waals surface area (Å²) in [4.78, 5) is 28.9. The van der Waals surface area contributed by atoms with Gasteiger partial charge >= 0.3 is 0 Å². The number of amides is 2. The number of hydrogen-bond acceptors (Lipinski definition) is 4. The lowest BCUT2D eigenvalue weighted by Crippen LogP contribution is -2.51. The maximum Gasteiger partial charge on any atom is 0.243 e. The van der Waals surface area contributed by atoms with Gasteiger partial charge < -0.3 is 15.0 Å². The molecule has 0 heterocycles. The van der Waals surface area contributed by atoms with Gasteiger partial charge in [-0.1, -0.05) is 85.1 Å². The summed E-state index contributed by atoms with van der Waals surface area (Å²) < 4.78 is 5.39. The van der Waals surface area contributed by atoms with Gasteiger partial charge in [-0.25, -0.2) is 0 Å². The number of carbonyl (C=O) groups is 2. The lowest BCUT2D eigenvalue weighted by atomic mass is 10.0. The van der Waals surface area contributed by atoms with E-state index in [1.54, 1.807) is 30.2 Å². The Kier molecular flexibility index (Phi) is 12.3.